The van der Waals surface area contributed by atoms with Crippen LogP contribution in [0.4, 0.5) is 0 Å². The molecule has 6 heteroatoms. The second-order valence-corrected chi connectivity index (χ2v) is 9.23. The van der Waals surface area contributed by atoms with Crippen LogP contribution in [0.5, 0.6) is 0 Å². The molecule has 0 unspecified atom stereocenters. The molecule has 1 aliphatic heterocycles. The topological polar surface area (TPSA) is 52.6 Å². The lowest BCUT2D eigenvalue weighted by atomic mass is 10.1. The Morgan fingerprint density at radius 2 is 1.35 bits per heavy atom. The molecule has 20 heavy (non-hydrogen) atoms. The Labute approximate surface area is 129 Å². The molecule has 0 amide bonds. The number of esters is 2. The number of thioether (sulfide) groups is 2. The molecule has 1 aliphatic rings. The van der Waals surface area contributed by atoms with E-state index in [0.717, 1.165) is 11.5 Å². The van der Waals surface area contributed by atoms with Crippen LogP contribution >= 0.6 is 23.5 Å². The SMILES string of the molecule is CC(C)(C)OC(=O)C1(C(=O)OC(C)(C)C)CSCCS1. The average molecular weight is 320 g/mol. The minimum Gasteiger partial charge on any atom is -0.458 e. The third kappa shape index (κ3) is 4.88. The standard InChI is InChI=1S/C14H24O4S2/c1-12(2,3)17-10(15)14(9-19-7-8-20-14)11(16)18-13(4,5)6/h7-9H2,1-6H3. The first-order chi connectivity index (χ1) is 8.96. The van der Waals surface area contributed by atoms with Crippen LogP contribution in [0.15, 0.2) is 0 Å². The van der Waals surface area contributed by atoms with Crippen LogP contribution in [-0.2, 0) is 19.1 Å². The fraction of sp³-hybridized carbons (Fsp3) is 0.857. The van der Waals surface area contributed by atoms with E-state index in [9.17, 15) is 9.59 Å². The summed E-state index contributed by atoms with van der Waals surface area (Å²) < 4.78 is 9.65. The Morgan fingerprint density at radius 1 is 0.900 bits per heavy atom. The summed E-state index contributed by atoms with van der Waals surface area (Å²) in [6, 6.07) is 0. The van der Waals surface area contributed by atoms with Gasteiger partial charge in [-0.05, 0) is 41.5 Å². The molecule has 0 bridgehead atoms. The van der Waals surface area contributed by atoms with Crippen LogP contribution in [0.2, 0.25) is 0 Å². The van der Waals surface area contributed by atoms with E-state index in [1.807, 2.05) is 0 Å². The van der Waals surface area contributed by atoms with E-state index < -0.39 is 27.9 Å². The van der Waals surface area contributed by atoms with Crippen LogP contribution in [0.1, 0.15) is 41.5 Å². The van der Waals surface area contributed by atoms with Crippen molar-refractivity contribution >= 4 is 35.5 Å². The summed E-state index contributed by atoms with van der Waals surface area (Å²) in [4.78, 5) is 25.0. The molecule has 0 spiro atoms. The Balaban J connectivity index is 2.97. The summed E-state index contributed by atoms with van der Waals surface area (Å²) in [6.07, 6.45) is 0. The van der Waals surface area contributed by atoms with Crippen LogP contribution in [-0.4, -0.2) is 45.1 Å². The fourth-order valence-electron chi connectivity index (χ4n) is 1.57. The second-order valence-electron chi connectivity index (χ2n) is 6.73. The van der Waals surface area contributed by atoms with Gasteiger partial charge >= 0.3 is 11.9 Å². The highest BCUT2D eigenvalue weighted by Crippen LogP contribution is 2.39. The van der Waals surface area contributed by atoms with Crippen LogP contribution in [0.25, 0.3) is 0 Å². The van der Waals surface area contributed by atoms with Gasteiger partial charge in [0.2, 0.25) is 4.75 Å². The van der Waals surface area contributed by atoms with Crippen molar-refractivity contribution in [3.05, 3.63) is 0 Å². The molecule has 1 fully saturated rings. The lowest BCUT2D eigenvalue weighted by Crippen LogP contribution is -2.53. The Bertz CT molecular complexity index is 344. The molecule has 0 radical (unpaired) electrons. The van der Waals surface area contributed by atoms with Crippen molar-refractivity contribution in [1.82, 2.24) is 0 Å². The summed E-state index contributed by atoms with van der Waals surface area (Å²) in [5, 5.41) is 0. The summed E-state index contributed by atoms with van der Waals surface area (Å²) in [6.45, 7) is 10.8. The number of ether oxygens (including phenoxy) is 2. The first-order valence-corrected chi connectivity index (χ1v) is 8.79. The van der Waals surface area contributed by atoms with E-state index in [4.69, 9.17) is 9.47 Å². The maximum absolute atomic E-state index is 12.5. The van der Waals surface area contributed by atoms with Gasteiger partial charge in [0.25, 0.3) is 0 Å². The van der Waals surface area contributed by atoms with Crippen LogP contribution in [0.3, 0.4) is 0 Å². The van der Waals surface area contributed by atoms with Crippen molar-refractivity contribution in [1.29, 1.82) is 0 Å². The normalized spacial score (nSPS) is 19.3. The number of carbonyl (C=O) groups excluding carboxylic acids is 2. The van der Waals surface area contributed by atoms with Gasteiger partial charge in [0.05, 0.1) is 0 Å². The quantitative estimate of drug-likeness (QED) is 0.576. The van der Waals surface area contributed by atoms with Gasteiger partial charge in [-0.1, -0.05) is 0 Å². The van der Waals surface area contributed by atoms with E-state index in [1.54, 1.807) is 53.3 Å². The molecule has 0 aliphatic carbocycles. The molecule has 4 nitrogen and oxygen atoms in total. The van der Waals surface area contributed by atoms with E-state index >= 15 is 0 Å². The van der Waals surface area contributed by atoms with E-state index in [0.29, 0.717) is 5.75 Å². The largest absolute Gasteiger partial charge is 0.458 e. The summed E-state index contributed by atoms with van der Waals surface area (Å²) in [7, 11) is 0. The van der Waals surface area contributed by atoms with Crippen LogP contribution < -0.4 is 0 Å². The number of hydrogen-bond acceptors (Lipinski definition) is 6. The molecule has 0 atom stereocenters. The molecule has 1 rings (SSSR count). The molecule has 1 heterocycles. The Hall–Kier alpha value is -0.360. The summed E-state index contributed by atoms with van der Waals surface area (Å²) in [5.41, 5.74) is -1.23. The zero-order chi connectivity index (χ0) is 15.6. The maximum Gasteiger partial charge on any atom is 0.335 e. The minimum atomic E-state index is -1.23. The molecule has 0 N–H and O–H groups in total. The van der Waals surface area contributed by atoms with Crippen molar-refractivity contribution < 1.29 is 19.1 Å². The number of rotatable bonds is 2. The van der Waals surface area contributed by atoms with Crippen molar-refractivity contribution in [2.45, 2.75) is 57.5 Å². The van der Waals surface area contributed by atoms with Gasteiger partial charge < -0.3 is 9.47 Å². The Kier molecular flexibility index (Phi) is 5.46. The summed E-state index contributed by atoms with van der Waals surface area (Å²) >= 11 is 2.93. The molecule has 0 saturated carbocycles. The fourth-order valence-corrected chi connectivity index (χ4v) is 4.30. The van der Waals surface area contributed by atoms with Gasteiger partial charge in [-0.3, -0.25) is 0 Å². The molecule has 0 aromatic carbocycles. The first-order valence-electron chi connectivity index (χ1n) is 6.65. The van der Waals surface area contributed by atoms with E-state index in [-0.39, 0.29) is 0 Å². The van der Waals surface area contributed by atoms with Gasteiger partial charge in [0.15, 0.2) is 0 Å². The predicted octanol–water partition coefficient (Wildman–Crippen LogP) is 2.89. The molecular weight excluding hydrogens is 296 g/mol. The van der Waals surface area contributed by atoms with E-state index in [1.165, 1.54) is 11.8 Å². The summed E-state index contributed by atoms with van der Waals surface area (Å²) in [5.74, 6) is 1.09. The molecule has 116 valence electrons. The molecule has 0 aromatic rings. The maximum atomic E-state index is 12.5. The zero-order valence-electron chi connectivity index (χ0n) is 13.1. The predicted molar refractivity (Wildman–Crippen MR) is 84.2 cm³/mol. The molecule has 0 aromatic heterocycles. The van der Waals surface area contributed by atoms with Gasteiger partial charge in [0, 0.05) is 17.3 Å². The lowest BCUT2D eigenvalue weighted by Gasteiger charge is -2.36. The van der Waals surface area contributed by atoms with Crippen molar-refractivity contribution in [3.8, 4) is 0 Å². The highest BCUT2D eigenvalue weighted by atomic mass is 32.2. The Morgan fingerprint density at radius 3 is 1.65 bits per heavy atom. The third-order valence-corrected chi connectivity index (χ3v) is 5.29. The van der Waals surface area contributed by atoms with Gasteiger partial charge in [0.1, 0.15) is 11.2 Å². The molecular formula is C14H24O4S2. The first kappa shape index (κ1) is 17.7. The van der Waals surface area contributed by atoms with Crippen molar-refractivity contribution in [3.63, 3.8) is 0 Å². The minimum absolute atomic E-state index is 0.404. The van der Waals surface area contributed by atoms with Crippen LogP contribution in [0, 0.1) is 0 Å². The van der Waals surface area contributed by atoms with Gasteiger partial charge in [-0.15, -0.1) is 11.8 Å². The number of carbonyl (C=O) groups is 2. The highest BCUT2D eigenvalue weighted by molar-refractivity contribution is 8.08. The average Bonchev–Trinajstić information content (AvgIpc) is 2.25. The third-order valence-electron chi connectivity index (χ3n) is 2.34. The lowest BCUT2D eigenvalue weighted by molar-refractivity contribution is -0.170. The van der Waals surface area contributed by atoms with E-state index in [2.05, 4.69) is 0 Å². The molecule has 1 saturated heterocycles. The second kappa shape index (κ2) is 6.18. The smallest absolute Gasteiger partial charge is 0.335 e. The van der Waals surface area contributed by atoms with Gasteiger partial charge in [-0.2, -0.15) is 11.8 Å². The monoisotopic (exact) mass is 320 g/mol. The highest BCUT2D eigenvalue weighted by Gasteiger charge is 2.53. The van der Waals surface area contributed by atoms with Gasteiger partial charge in [-0.25, -0.2) is 9.59 Å². The van der Waals surface area contributed by atoms with Crippen molar-refractivity contribution in [2.24, 2.45) is 0 Å². The number of hydrogen-bond donors (Lipinski definition) is 0. The van der Waals surface area contributed by atoms with Crippen molar-refractivity contribution in [2.75, 3.05) is 17.3 Å². The zero-order valence-corrected chi connectivity index (χ0v) is 14.7.